The van der Waals surface area contributed by atoms with Gasteiger partial charge in [-0.25, -0.2) is 4.79 Å². The first-order valence-corrected chi connectivity index (χ1v) is 6.44. The first-order chi connectivity index (χ1) is 9.06. The van der Waals surface area contributed by atoms with Crippen LogP contribution in [-0.2, 0) is 4.74 Å². The molecule has 5 nitrogen and oxygen atoms in total. The second-order valence-electron chi connectivity index (χ2n) is 4.10. The molecule has 1 amide bonds. The molecule has 5 heteroatoms. The fraction of sp³-hybridized carbons (Fsp3) is 0.500. The number of rotatable bonds is 6. The first kappa shape index (κ1) is 15.1. The summed E-state index contributed by atoms with van der Waals surface area (Å²) in [5.74, 6) is 1.26. The Kier molecular flexibility index (Phi) is 5.99. The minimum atomic E-state index is -0.510. The third kappa shape index (κ3) is 5.07. The molecule has 1 aromatic carbocycles. The third-order valence-corrected chi connectivity index (χ3v) is 2.14. The normalized spacial score (nSPS) is 10.2. The van der Waals surface area contributed by atoms with E-state index in [1.165, 1.54) is 0 Å². The summed E-state index contributed by atoms with van der Waals surface area (Å²) in [6, 6.07) is 5.28. The van der Waals surface area contributed by atoms with Crippen LogP contribution in [0.4, 0.5) is 10.5 Å². The van der Waals surface area contributed by atoms with E-state index in [2.05, 4.69) is 5.32 Å². The maximum atomic E-state index is 11.6. The predicted molar refractivity (Wildman–Crippen MR) is 74.0 cm³/mol. The Bertz CT molecular complexity index is 418. The van der Waals surface area contributed by atoms with Crippen molar-refractivity contribution in [2.24, 2.45) is 0 Å². The Hall–Kier alpha value is -1.91. The molecule has 0 atom stereocenters. The van der Waals surface area contributed by atoms with E-state index in [0.29, 0.717) is 30.4 Å². The molecule has 0 aliphatic carbocycles. The highest BCUT2D eigenvalue weighted by Crippen LogP contribution is 2.29. The van der Waals surface area contributed by atoms with Crippen molar-refractivity contribution in [3.05, 3.63) is 18.2 Å². The van der Waals surface area contributed by atoms with Gasteiger partial charge in [-0.2, -0.15) is 0 Å². The summed E-state index contributed by atoms with van der Waals surface area (Å²) >= 11 is 0. The number of carbonyl (C=O) groups excluding carboxylic acids is 1. The summed E-state index contributed by atoms with van der Waals surface area (Å²) < 4.78 is 15.9. The standard InChI is InChI=1S/C14H21NO4/c1-5-17-11-7-8-13(18-6-2)12(9-11)15-14(16)19-10(3)4/h7-10H,5-6H2,1-4H3,(H,15,16). The van der Waals surface area contributed by atoms with Crippen LogP contribution >= 0.6 is 0 Å². The molecule has 0 spiro atoms. The van der Waals surface area contributed by atoms with Crippen molar-refractivity contribution < 1.29 is 19.0 Å². The molecular formula is C14H21NO4. The molecule has 1 aromatic rings. The molecule has 19 heavy (non-hydrogen) atoms. The lowest BCUT2D eigenvalue weighted by atomic mass is 10.2. The van der Waals surface area contributed by atoms with Gasteiger partial charge in [0, 0.05) is 6.07 Å². The Morgan fingerprint density at radius 2 is 1.89 bits per heavy atom. The lowest BCUT2D eigenvalue weighted by Gasteiger charge is -2.14. The fourth-order valence-corrected chi connectivity index (χ4v) is 1.50. The molecule has 1 N–H and O–H groups in total. The van der Waals surface area contributed by atoms with Gasteiger partial charge in [0.25, 0.3) is 0 Å². The van der Waals surface area contributed by atoms with Crippen molar-refractivity contribution in [3.8, 4) is 11.5 Å². The van der Waals surface area contributed by atoms with E-state index in [4.69, 9.17) is 14.2 Å². The Morgan fingerprint density at radius 3 is 2.47 bits per heavy atom. The molecule has 1 rings (SSSR count). The first-order valence-electron chi connectivity index (χ1n) is 6.44. The van der Waals surface area contributed by atoms with Crippen molar-refractivity contribution >= 4 is 11.8 Å². The number of ether oxygens (including phenoxy) is 3. The van der Waals surface area contributed by atoms with Crippen LogP contribution in [0.2, 0.25) is 0 Å². The topological polar surface area (TPSA) is 56.8 Å². The van der Waals surface area contributed by atoms with Gasteiger partial charge >= 0.3 is 6.09 Å². The Balaban J connectivity index is 2.86. The predicted octanol–water partition coefficient (Wildman–Crippen LogP) is 3.44. The lowest BCUT2D eigenvalue weighted by molar-refractivity contribution is 0.130. The molecule has 0 aliphatic heterocycles. The minimum Gasteiger partial charge on any atom is -0.494 e. The number of hydrogen-bond donors (Lipinski definition) is 1. The Morgan fingerprint density at radius 1 is 1.21 bits per heavy atom. The van der Waals surface area contributed by atoms with Gasteiger partial charge in [-0.15, -0.1) is 0 Å². The van der Waals surface area contributed by atoms with Crippen LogP contribution in [0.1, 0.15) is 27.7 Å². The molecular weight excluding hydrogens is 246 g/mol. The number of nitrogens with one attached hydrogen (secondary N) is 1. The van der Waals surface area contributed by atoms with Crippen molar-refractivity contribution in [2.45, 2.75) is 33.8 Å². The number of benzene rings is 1. The largest absolute Gasteiger partial charge is 0.494 e. The highest BCUT2D eigenvalue weighted by atomic mass is 16.6. The van der Waals surface area contributed by atoms with Crippen molar-refractivity contribution in [1.29, 1.82) is 0 Å². The number of hydrogen-bond acceptors (Lipinski definition) is 4. The Labute approximate surface area is 113 Å². The molecule has 0 unspecified atom stereocenters. The molecule has 0 fully saturated rings. The van der Waals surface area contributed by atoms with E-state index in [9.17, 15) is 4.79 Å². The molecule has 0 bridgehead atoms. The van der Waals surface area contributed by atoms with Crippen LogP contribution in [0, 0.1) is 0 Å². The fourth-order valence-electron chi connectivity index (χ4n) is 1.50. The smallest absolute Gasteiger partial charge is 0.411 e. The average molecular weight is 267 g/mol. The zero-order chi connectivity index (χ0) is 14.3. The SMILES string of the molecule is CCOc1ccc(OCC)c(NC(=O)OC(C)C)c1. The average Bonchev–Trinajstić information content (AvgIpc) is 2.32. The molecule has 0 aromatic heterocycles. The molecule has 0 saturated carbocycles. The van der Waals surface area contributed by atoms with Gasteiger partial charge in [0.1, 0.15) is 11.5 Å². The van der Waals surface area contributed by atoms with Crippen LogP contribution in [0.3, 0.4) is 0 Å². The molecule has 106 valence electrons. The summed E-state index contributed by atoms with van der Waals surface area (Å²) in [5, 5.41) is 2.66. The van der Waals surface area contributed by atoms with Gasteiger partial charge in [0.05, 0.1) is 25.0 Å². The molecule has 0 aliphatic rings. The van der Waals surface area contributed by atoms with Crippen LogP contribution < -0.4 is 14.8 Å². The van der Waals surface area contributed by atoms with E-state index in [1.54, 1.807) is 32.0 Å². The van der Waals surface area contributed by atoms with Crippen molar-refractivity contribution in [3.63, 3.8) is 0 Å². The zero-order valence-electron chi connectivity index (χ0n) is 11.9. The van der Waals surface area contributed by atoms with E-state index in [-0.39, 0.29) is 6.10 Å². The van der Waals surface area contributed by atoms with Gasteiger partial charge in [-0.1, -0.05) is 0 Å². The van der Waals surface area contributed by atoms with E-state index in [1.807, 2.05) is 13.8 Å². The zero-order valence-corrected chi connectivity index (χ0v) is 11.9. The second kappa shape index (κ2) is 7.51. The number of carbonyl (C=O) groups is 1. The molecule has 0 radical (unpaired) electrons. The van der Waals surface area contributed by atoms with Crippen molar-refractivity contribution in [1.82, 2.24) is 0 Å². The maximum Gasteiger partial charge on any atom is 0.411 e. The van der Waals surface area contributed by atoms with Crippen LogP contribution in [0.5, 0.6) is 11.5 Å². The monoisotopic (exact) mass is 267 g/mol. The van der Waals surface area contributed by atoms with Gasteiger partial charge in [0.2, 0.25) is 0 Å². The van der Waals surface area contributed by atoms with Crippen molar-refractivity contribution in [2.75, 3.05) is 18.5 Å². The van der Waals surface area contributed by atoms with Crippen LogP contribution in [0.15, 0.2) is 18.2 Å². The highest BCUT2D eigenvalue weighted by molar-refractivity contribution is 5.87. The number of amides is 1. The summed E-state index contributed by atoms with van der Waals surface area (Å²) in [6.07, 6.45) is -0.685. The molecule has 0 saturated heterocycles. The summed E-state index contributed by atoms with van der Waals surface area (Å²) in [4.78, 5) is 11.6. The summed E-state index contributed by atoms with van der Waals surface area (Å²) in [7, 11) is 0. The van der Waals surface area contributed by atoms with Gasteiger partial charge in [0.15, 0.2) is 0 Å². The summed E-state index contributed by atoms with van der Waals surface area (Å²) in [6.45, 7) is 8.44. The maximum absolute atomic E-state index is 11.6. The highest BCUT2D eigenvalue weighted by Gasteiger charge is 2.11. The van der Waals surface area contributed by atoms with E-state index >= 15 is 0 Å². The van der Waals surface area contributed by atoms with Crippen LogP contribution in [-0.4, -0.2) is 25.4 Å². The molecule has 0 heterocycles. The minimum absolute atomic E-state index is 0.175. The van der Waals surface area contributed by atoms with Gasteiger partial charge < -0.3 is 14.2 Å². The lowest BCUT2D eigenvalue weighted by Crippen LogP contribution is -2.18. The third-order valence-electron chi connectivity index (χ3n) is 2.14. The van der Waals surface area contributed by atoms with Gasteiger partial charge in [-0.3, -0.25) is 5.32 Å². The van der Waals surface area contributed by atoms with Gasteiger partial charge in [-0.05, 0) is 39.8 Å². The van der Waals surface area contributed by atoms with E-state index < -0.39 is 6.09 Å². The summed E-state index contributed by atoms with van der Waals surface area (Å²) in [5.41, 5.74) is 0.540. The number of anilines is 1. The van der Waals surface area contributed by atoms with Crippen LogP contribution in [0.25, 0.3) is 0 Å². The quantitative estimate of drug-likeness (QED) is 0.857. The second-order valence-corrected chi connectivity index (χ2v) is 4.10. The van der Waals surface area contributed by atoms with E-state index in [0.717, 1.165) is 0 Å².